The van der Waals surface area contributed by atoms with Gasteiger partial charge in [0.15, 0.2) is 0 Å². The van der Waals surface area contributed by atoms with Gasteiger partial charge >= 0.3 is 16.1 Å². The maximum atomic E-state index is 12.9. The predicted molar refractivity (Wildman–Crippen MR) is 118 cm³/mol. The number of benzene rings is 3. The van der Waals surface area contributed by atoms with Crippen LogP contribution in [0.1, 0.15) is 19.3 Å². The smallest absolute Gasteiger partial charge is 0.342 e. The molecule has 3 aromatic rings. The van der Waals surface area contributed by atoms with E-state index in [4.69, 9.17) is 15.7 Å². The third kappa shape index (κ3) is 5.15. The molecule has 0 radical (unpaired) electrons. The van der Waals surface area contributed by atoms with Gasteiger partial charge in [0.2, 0.25) is 0 Å². The number of carbonyl (C=O) groups is 1. The number of nitrogens with one attached hydrogen (secondary N) is 1. The second-order valence-electron chi connectivity index (χ2n) is 6.90. The fraction of sp³-hybridized carbons (Fsp3) is 0.227. The molecule has 0 bridgehead atoms. The van der Waals surface area contributed by atoms with Crippen molar-refractivity contribution < 1.29 is 17.4 Å². The summed E-state index contributed by atoms with van der Waals surface area (Å²) >= 11 is 0. The number of fused-ring (bicyclic) bond motifs is 1. The molecule has 5 N–H and O–H groups in total. The summed E-state index contributed by atoms with van der Waals surface area (Å²) in [6.45, 7) is 0.479. The molecule has 7 nitrogen and oxygen atoms in total. The summed E-state index contributed by atoms with van der Waals surface area (Å²) in [5, 5.41) is 4.36. The average molecular weight is 428 g/mol. The predicted octanol–water partition coefficient (Wildman–Crippen LogP) is 3.27. The number of hydrogen-bond donors (Lipinski definition) is 3. The van der Waals surface area contributed by atoms with E-state index < -0.39 is 22.1 Å². The molecule has 0 unspecified atom stereocenters. The van der Waals surface area contributed by atoms with E-state index in [0.29, 0.717) is 42.3 Å². The molecule has 0 fully saturated rings. The Labute approximate surface area is 176 Å². The first-order chi connectivity index (χ1) is 14.4. The molecular weight excluding hydrogens is 402 g/mol. The lowest BCUT2D eigenvalue weighted by Crippen LogP contribution is -2.34. The van der Waals surface area contributed by atoms with Crippen LogP contribution < -0.4 is 16.8 Å². The van der Waals surface area contributed by atoms with Gasteiger partial charge in [-0.3, -0.25) is 0 Å². The Balaban J connectivity index is 1.93. The molecule has 0 aromatic heterocycles. The number of anilines is 2. The Morgan fingerprint density at radius 2 is 1.67 bits per heavy atom. The molecule has 0 saturated heterocycles. The van der Waals surface area contributed by atoms with Crippen molar-refractivity contribution in [3.63, 3.8) is 0 Å². The van der Waals surface area contributed by atoms with Gasteiger partial charge in [-0.1, -0.05) is 48.9 Å². The molecule has 30 heavy (non-hydrogen) atoms. The fourth-order valence-electron chi connectivity index (χ4n) is 3.14. The maximum absolute atomic E-state index is 12.9. The molecule has 8 heteroatoms. The van der Waals surface area contributed by atoms with Crippen LogP contribution in [0.25, 0.3) is 10.8 Å². The quantitative estimate of drug-likeness (QED) is 0.353. The second kappa shape index (κ2) is 9.71. The Morgan fingerprint density at radius 1 is 0.967 bits per heavy atom. The highest BCUT2D eigenvalue weighted by molar-refractivity contribution is 7.87. The lowest BCUT2D eigenvalue weighted by atomic mass is 10.1. The van der Waals surface area contributed by atoms with Crippen LogP contribution in [-0.4, -0.2) is 27.0 Å². The number of unbranched alkanes of at least 4 members (excludes halogenated alkanes) is 1. The van der Waals surface area contributed by atoms with E-state index in [-0.39, 0.29) is 4.90 Å². The Morgan fingerprint density at radius 3 is 2.37 bits per heavy atom. The van der Waals surface area contributed by atoms with Crippen LogP contribution in [0.4, 0.5) is 11.4 Å². The minimum Gasteiger partial charge on any atom is -0.355 e. The summed E-state index contributed by atoms with van der Waals surface area (Å²) in [4.78, 5) is 12.2. The molecule has 0 amide bonds. The van der Waals surface area contributed by atoms with Gasteiger partial charge in [0, 0.05) is 16.8 Å². The van der Waals surface area contributed by atoms with Gasteiger partial charge in [-0.25, -0.2) is 4.79 Å². The van der Waals surface area contributed by atoms with Crippen molar-refractivity contribution in [3.05, 3.63) is 66.7 Å². The highest BCUT2D eigenvalue weighted by atomic mass is 32.2. The third-order valence-corrected chi connectivity index (χ3v) is 5.92. The van der Waals surface area contributed by atoms with Crippen molar-refractivity contribution in [2.45, 2.75) is 30.2 Å². The average Bonchev–Trinajstić information content (AvgIpc) is 2.74. The molecular formula is C22H25N3O4S. The van der Waals surface area contributed by atoms with Crippen molar-refractivity contribution in [2.24, 2.45) is 11.5 Å². The highest BCUT2D eigenvalue weighted by Crippen LogP contribution is 2.33. The maximum Gasteiger partial charge on any atom is 0.342 e. The Hall–Kier alpha value is -2.94. The second-order valence-corrected chi connectivity index (χ2v) is 8.41. The van der Waals surface area contributed by atoms with E-state index >= 15 is 0 Å². The van der Waals surface area contributed by atoms with Crippen LogP contribution >= 0.6 is 0 Å². The van der Waals surface area contributed by atoms with Gasteiger partial charge in [-0.2, -0.15) is 8.42 Å². The van der Waals surface area contributed by atoms with Gasteiger partial charge in [0.1, 0.15) is 10.9 Å². The SMILES string of the molecule is NCCCC[C@H](N)C(=O)OS(=O)(=O)c1cccc2cccc(Nc3ccccc3)c12. The standard InChI is InChI=1S/C22H25N3O4S/c23-15-5-4-12-18(24)22(26)29-30(27,28)20-14-7-9-16-8-6-13-19(21(16)20)25-17-10-2-1-3-11-17/h1-3,6-11,13-14,18,25H,4-5,12,15,23-24H2/t18-/m0/s1. The van der Waals surface area contributed by atoms with Crippen LogP contribution in [0.3, 0.4) is 0 Å². The van der Waals surface area contributed by atoms with Crippen LogP contribution in [-0.2, 0) is 19.1 Å². The van der Waals surface area contributed by atoms with Crippen molar-refractivity contribution in [1.82, 2.24) is 0 Å². The number of carbonyl (C=O) groups excluding carboxylic acids is 1. The fourth-order valence-corrected chi connectivity index (χ4v) is 4.29. The third-order valence-electron chi connectivity index (χ3n) is 4.65. The number of hydrogen-bond acceptors (Lipinski definition) is 7. The van der Waals surface area contributed by atoms with E-state index in [1.54, 1.807) is 24.3 Å². The summed E-state index contributed by atoms with van der Waals surface area (Å²) in [6, 6.07) is 18.6. The summed E-state index contributed by atoms with van der Waals surface area (Å²) in [5.74, 6) is -0.975. The summed E-state index contributed by atoms with van der Waals surface area (Å²) in [5.41, 5.74) is 12.6. The van der Waals surface area contributed by atoms with Crippen LogP contribution in [0.15, 0.2) is 71.6 Å². The Bertz CT molecular complexity index is 1110. The molecule has 0 aliphatic carbocycles. The summed E-state index contributed by atoms with van der Waals surface area (Å²) in [6.07, 6.45) is 1.62. The number of para-hydroxylation sites is 1. The van der Waals surface area contributed by atoms with E-state index in [0.717, 1.165) is 5.69 Å². The van der Waals surface area contributed by atoms with Crippen molar-refractivity contribution >= 4 is 38.2 Å². The molecule has 0 aliphatic heterocycles. The topological polar surface area (TPSA) is 125 Å². The lowest BCUT2D eigenvalue weighted by Gasteiger charge is -2.15. The molecule has 3 rings (SSSR count). The van der Waals surface area contributed by atoms with Crippen LogP contribution in [0, 0.1) is 0 Å². The van der Waals surface area contributed by atoms with Crippen molar-refractivity contribution in [3.8, 4) is 0 Å². The van der Waals surface area contributed by atoms with E-state index in [1.807, 2.05) is 36.4 Å². The molecule has 1 atom stereocenters. The van der Waals surface area contributed by atoms with Gasteiger partial charge in [-0.15, -0.1) is 0 Å². The first-order valence-electron chi connectivity index (χ1n) is 9.70. The normalized spacial score (nSPS) is 12.5. The monoisotopic (exact) mass is 427 g/mol. The van der Waals surface area contributed by atoms with Crippen molar-refractivity contribution in [1.29, 1.82) is 0 Å². The summed E-state index contributed by atoms with van der Waals surface area (Å²) < 4.78 is 30.8. The minimum absolute atomic E-state index is 0.0958. The number of nitrogens with two attached hydrogens (primary N) is 2. The first kappa shape index (κ1) is 21.8. The first-order valence-corrected chi connectivity index (χ1v) is 11.1. The zero-order valence-electron chi connectivity index (χ0n) is 16.5. The van der Waals surface area contributed by atoms with Crippen LogP contribution in [0.2, 0.25) is 0 Å². The van der Waals surface area contributed by atoms with E-state index in [9.17, 15) is 13.2 Å². The van der Waals surface area contributed by atoms with Crippen molar-refractivity contribution in [2.75, 3.05) is 11.9 Å². The van der Waals surface area contributed by atoms with E-state index in [1.165, 1.54) is 6.07 Å². The van der Waals surface area contributed by atoms with Gasteiger partial charge < -0.3 is 21.0 Å². The molecule has 0 aliphatic rings. The van der Waals surface area contributed by atoms with Crippen LogP contribution in [0.5, 0.6) is 0 Å². The van der Waals surface area contributed by atoms with Gasteiger partial charge in [0.05, 0.1) is 0 Å². The highest BCUT2D eigenvalue weighted by Gasteiger charge is 2.27. The van der Waals surface area contributed by atoms with Gasteiger partial charge in [0.25, 0.3) is 0 Å². The molecule has 158 valence electrons. The molecule has 3 aromatic carbocycles. The lowest BCUT2D eigenvalue weighted by molar-refractivity contribution is -0.135. The zero-order valence-corrected chi connectivity index (χ0v) is 17.3. The number of rotatable bonds is 9. The minimum atomic E-state index is -4.37. The van der Waals surface area contributed by atoms with Gasteiger partial charge in [-0.05, 0) is 49.0 Å². The van der Waals surface area contributed by atoms with E-state index in [2.05, 4.69) is 5.32 Å². The molecule has 0 heterocycles. The largest absolute Gasteiger partial charge is 0.355 e. The molecule has 0 saturated carbocycles. The zero-order chi connectivity index (χ0) is 21.6. The Kier molecular flexibility index (Phi) is 7.04. The molecule has 0 spiro atoms. The summed E-state index contributed by atoms with van der Waals surface area (Å²) in [7, 11) is -4.37.